The van der Waals surface area contributed by atoms with E-state index in [0.717, 1.165) is 11.1 Å². The molecule has 2 aromatic carbocycles. The number of amides is 2. The van der Waals surface area contributed by atoms with Crippen LogP contribution in [0.2, 0.25) is 0 Å². The van der Waals surface area contributed by atoms with Crippen molar-refractivity contribution in [3.05, 3.63) is 79.9 Å². The molecule has 18 heteroatoms. The second-order valence-corrected chi connectivity index (χ2v) is 14.6. The number of nitro benzene ring substituents is 2. The van der Waals surface area contributed by atoms with E-state index >= 15 is 0 Å². The van der Waals surface area contributed by atoms with Crippen LogP contribution in [-0.4, -0.2) is 85.6 Å². The lowest BCUT2D eigenvalue weighted by molar-refractivity contribution is -0.385. The van der Waals surface area contributed by atoms with Crippen molar-refractivity contribution < 1.29 is 42.5 Å². The second kappa shape index (κ2) is 21.6. The Kier molecular flexibility index (Phi) is 18.8. The number of benzene rings is 2. The van der Waals surface area contributed by atoms with E-state index in [1.807, 2.05) is 20.8 Å². The van der Waals surface area contributed by atoms with Crippen molar-refractivity contribution in [3.8, 4) is 0 Å². The number of rotatable bonds is 17. The molecule has 50 heavy (non-hydrogen) atoms. The molecule has 0 fully saturated rings. The number of nitrogens with zero attached hydrogens (tertiary/aromatic N) is 3. The van der Waals surface area contributed by atoms with Gasteiger partial charge in [-0.1, -0.05) is 24.3 Å². The van der Waals surface area contributed by atoms with Gasteiger partial charge in [-0.25, -0.2) is 9.59 Å². The maximum Gasteiger partial charge on any atom is 0.407 e. The molecule has 0 radical (unpaired) electrons. The Hall–Kier alpha value is -4.44. The first-order chi connectivity index (χ1) is 23.3. The zero-order valence-corrected chi connectivity index (χ0v) is 30.5. The lowest BCUT2D eigenvalue weighted by Crippen LogP contribution is -2.36. The molecule has 0 unspecified atom stereocenters. The third-order valence-electron chi connectivity index (χ3n) is 5.85. The number of nitrogens with one attached hydrogen (secondary N) is 3. The summed E-state index contributed by atoms with van der Waals surface area (Å²) in [6, 6.07) is 11.9. The van der Waals surface area contributed by atoms with Gasteiger partial charge in [-0.3, -0.25) is 29.8 Å². The molecule has 0 heterocycles. The largest absolute Gasteiger partial charge is 0.444 e. The molecule has 0 aliphatic heterocycles. The van der Waals surface area contributed by atoms with Crippen molar-refractivity contribution in [2.75, 3.05) is 46.2 Å². The van der Waals surface area contributed by atoms with Crippen molar-refractivity contribution in [1.82, 2.24) is 16.0 Å². The first-order valence-corrected chi connectivity index (χ1v) is 17.4. The monoisotopic (exact) mass is 724 g/mol. The van der Waals surface area contributed by atoms with Crippen LogP contribution >= 0.6 is 7.60 Å². The SMILES string of the molecule is CC(C)(C)OC(=O)NCCNCP(=O)(OCCc1ccc([N+](=O)[O-])cc1)OCCc1ccc([N+](=O)[O-])cc1.CN=CCNC(=O)OC(C)(C)C. The number of nitro groups is 2. The highest BCUT2D eigenvalue weighted by atomic mass is 31.2. The van der Waals surface area contributed by atoms with E-state index in [-0.39, 0.29) is 44.0 Å². The van der Waals surface area contributed by atoms with Crippen molar-refractivity contribution in [3.63, 3.8) is 0 Å². The molecule has 17 nitrogen and oxygen atoms in total. The lowest BCUT2D eigenvalue weighted by Gasteiger charge is -2.21. The lowest BCUT2D eigenvalue weighted by atomic mass is 10.1. The molecule has 0 saturated carbocycles. The van der Waals surface area contributed by atoms with Crippen LogP contribution in [0.4, 0.5) is 21.0 Å². The van der Waals surface area contributed by atoms with Crippen LogP contribution in [0.1, 0.15) is 52.7 Å². The Labute approximate surface area is 292 Å². The van der Waals surface area contributed by atoms with Crippen molar-refractivity contribution >= 4 is 37.4 Å². The second-order valence-electron chi connectivity index (χ2n) is 12.5. The predicted octanol–water partition coefficient (Wildman–Crippen LogP) is 5.80. The van der Waals surface area contributed by atoms with E-state index in [1.54, 1.807) is 58.3 Å². The van der Waals surface area contributed by atoms with Gasteiger partial charge in [-0.15, -0.1) is 0 Å². The number of hydrogen-bond donors (Lipinski definition) is 3. The topological polar surface area (TPSA) is 223 Å². The highest BCUT2D eigenvalue weighted by Crippen LogP contribution is 2.47. The number of ether oxygens (including phenoxy) is 2. The minimum absolute atomic E-state index is 0.0286. The van der Waals surface area contributed by atoms with E-state index in [2.05, 4.69) is 20.9 Å². The van der Waals surface area contributed by atoms with Gasteiger partial charge >= 0.3 is 19.8 Å². The van der Waals surface area contributed by atoms with Crippen molar-refractivity contribution in [1.29, 1.82) is 0 Å². The number of alkyl carbamates (subject to hydrolysis) is 2. The fraction of sp³-hybridized carbons (Fsp3) is 0.531. The Morgan fingerprint density at radius 1 is 0.760 bits per heavy atom. The quantitative estimate of drug-likeness (QED) is 0.0579. The maximum atomic E-state index is 13.4. The summed E-state index contributed by atoms with van der Waals surface area (Å²) in [5.74, 6) is 0. The van der Waals surface area contributed by atoms with Crippen molar-refractivity contribution in [2.24, 2.45) is 4.99 Å². The summed E-state index contributed by atoms with van der Waals surface area (Å²) in [5.41, 5.74) is 0.415. The molecule has 0 aliphatic rings. The molecule has 2 aromatic rings. The van der Waals surface area contributed by atoms with Gasteiger partial charge in [0.05, 0.1) is 35.9 Å². The van der Waals surface area contributed by atoms with Crippen LogP contribution in [0.3, 0.4) is 0 Å². The first-order valence-electron chi connectivity index (χ1n) is 15.7. The summed E-state index contributed by atoms with van der Waals surface area (Å²) in [4.78, 5) is 47.0. The highest BCUT2D eigenvalue weighted by molar-refractivity contribution is 7.53. The van der Waals surface area contributed by atoms with Gasteiger partial charge in [-0.2, -0.15) is 0 Å². The minimum Gasteiger partial charge on any atom is -0.444 e. The third-order valence-corrected chi connectivity index (χ3v) is 7.61. The average Bonchev–Trinajstić information content (AvgIpc) is 3.00. The molecule has 2 rings (SSSR count). The zero-order valence-electron chi connectivity index (χ0n) is 29.6. The number of aliphatic imine (C=N–C) groups is 1. The van der Waals surface area contributed by atoms with Gasteiger partial charge in [0.15, 0.2) is 0 Å². The molecule has 0 atom stereocenters. The molecule has 0 aromatic heterocycles. The van der Waals surface area contributed by atoms with E-state index < -0.39 is 40.8 Å². The summed E-state index contributed by atoms with van der Waals surface area (Å²) in [5, 5.41) is 29.7. The van der Waals surface area contributed by atoms with E-state index in [9.17, 15) is 34.4 Å². The summed E-state index contributed by atoms with van der Waals surface area (Å²) >= 11 is 0. The van der Waals surface area contributed by atoms with Gasteiger partial charge < -0.3 is 34.5 Å². The Balaban J connectivity index is 0.000000885. The Morgan fingerprint density at radius 3 is 1.56 bits per heavy atom. The number of carbonyl (C=O) groups is 2. The predicted molar refractivity (Wildman–Crippen MR) is 189 cm³/mol. The number of carbonyl (C=O) groups excluding carboxylic acids is 2. The molecule has 0 aliphatic carbocycles. The molecule has 0 spiro atoms. The van der Waals surface area contributed by atoms with Gasteiger partial charge in [0, 0.05) is 50.6 Å². The molecule has 278 valence electrons. The minimum atomic E-state index is -3.61. The zero-order chi connectivity index (χ0) is 37.8. The fourth-order valence-electron chi connectivity index (χ4n) is 3.62. The van der Waals surface area contributed by atoms with Crippen molar-refractivity contribution in [2.45, 2.75) is 65.6 Å². The first kappa shape index (κ1) is 43.6. The van der Waals surface area contributed by atoms with Crippen LogP contribution in [0.25, 0.3) is 0 Å². The van der Waals surface area contributed by atoms with Gasteiger partial charge in [0.2, 0.25) is 0 Å². The average molecular weight is 725 g/mol. The third kappa shape index (κ3) is 20.8. The summed E-state index contributed by atoms with van der Waals surface area (Å²) in [6.45, 7) is 11.7. The van der Waals surface area contributed by atoms with Gasteiger partial charge in [0.1, 0.15) is 11.2 Å². The molecule has 3 N–H and O–H groups in total. The Morgan fingerprint density at radius 2 is 1.18 bits per heavy atom. The molecule has 2 amide bonds. The van der Waals surface area contributed by atoms with Gasteiger partial charge in [0.25, 0.3) is 11.4 Å². The highest BCUT2D eigenvalue weighted by Gasteiger charge is 2.25. The number of hydrogen-bond acceptors (Lipinski definition) is 13. The summed E-state index contributed by atoms with van der Waals surface area (Å²) < 4.78 is 34.8. The van der Waals surface area contributed by atoms with Crippen LogP contribution < -0.4 is 16.0 Å². The molecule has 0 bridgehead atoms. The normalized spacial score (nSPS) is 11.7. The summed E-state index contributed by atoms with van der Waals surface area (Å²) in [7, 11) is -1.96. The van der Waals surface area contributed by atoms with E-state index in [1.165, 1.54) is 24.3 Å². The van der Waals surface area contributed by atoms with Crippen LogP contribution in [0.15, 0.2) is 53.5 Å². The Bertz CT molecular complexity index is 1370. The summed E-state index contributed by atoms with van der Waals surface area (Å²) in [6.07, 6.45) is 1.21. The standard InChI is InChI=1S/C24H33N4O9P.C8H16N2O2/c1-24(2,3)37-23(29)26-15-14-25-18-38(34,35-16-12-19-4-8-21(9-5-19)27(30)31)36-17-13-20-6-10-22(11-7-20)28(32)33;1-8(2,3)12-7(11)10-6-5-9-4/h4-11,25H,12-18H2,1-3H3,(H,26,29);5H,6H2,1-4H3,(H,10,11). The van der Waals surface area contributed by atoms with Crippen LogP contribution in [-0.2, 0) is 35.9 Å². The number of non-ortho nitro benzene ring substituents is 2. The molecular formula is C32H49N6O11P. The molecule has 0 saturated heterocycles. The molecular weight excluding hydrogens is 675 g/mol. The van der Waals surface area contributed by atoms with Gasteiger partial charge in [-0.05, 0) is 65.5 Å². The van der Waals surface area contributed by atoms with Crippen LogP contribution in [0, 0.1) is 20.2 Å². The van der Waals surface area contributed by atoms with Crippen LogP contribution in [0.5, 0.6) is 0 Å². The van der Waals surface area contributed by atoms with E-state index in [4.69, 9.17) is 18.5 Å². The fourth-order valence-corrected chi connectivity index (χ4v) is 5.05. The smallest absolute Gasteiger partial charge is 0.407 e. The van der Waals surface area contributed by atoms with E-state index in [0.29, 0.717) is 19.4 Å². The maximum absolute atomic E-state index is 13.4.